The SMILES string of the molecule is COC1(CNCc2cccc(Cl)c2O)CCC1. The van der Waals surface area contributed by atoms with E-state index < -0.39 is 0 Å². The van der Waals surface area contributed by atoms with Gasteiger partial charge in [0, 0.05) is 25.8 Å². The zero-order valence-electron chi connectivity index (χ0n) is 10.0. The highest BCUT2D eigenvalue weighted by Crippen LogP contribution is 2.34. The predicted octanol–water partition coefficient (Wildman–Crippen LogP) is 2.70. The van der Waals surface area contributed by atoms with Gasteiger partial charge in [-0.1, -0.05) is 23.7 Å². The first-order chi connectivity index (χ1) is 8.17. The number of hydrogen-bond donors (Lipinski definition) is 2. The van der Waals surface area contributed by atoms with Crippen LogP contribution in [0.2, 0.25) is 5.02 Å². The Morgan fingerprint density at radius 1 is 1.47 bits per heavy atom. The molecule has 2 N–H and O–H groups in total. The number of nitrogens with one attached hydrogen (secondary N) is 1. The zero-order valence-corrected chi connectivity index (χ0v) is 10.8. The van der Waals surface area contributed by atoms with Gasteiger partial charge in [-0.2, -0.15) is 0 Å². The first-order valence-electron chi connectivity index (χ1n) is 5.89. The van der Waals surface area contributed by atoms with E-state index in [9.17, 15) is 5.11 Å². The third-order valence-corrected chi connectivity index (χ3v) is 3.84. The van der Waals surface area contributed by atoms with Crippen molar-refractivity contribution < 1.29 is 9.84 Å². The van der Waals surface area contributed by atoms with Crippen LogP contribution in [0.4, 0.5) is 0 Å². The summed E-state index contributed by atoms with van der Waals surface area (Å²) >= 11 is 5.85. The Bertz CT molecular complexity index is 385. The van der Waals surface area contributed by atoms with Crippen molar-refractivity contribution in [2.75, 3.05) is 13.7 Å². The molecule has 0 bridgehead atoms. The average Bonchev–Trinajstić information content (AvgIpc) is 2.28. The summed E-state index contributed by atoms with van der Waals surface area (Å²) in [6.07, 6.45) is 3.45. The molecule has 0 spiro atoms. The maximum atomic E-state index is 9.75. The lowest BCUT2D eigenvalue weighted by molar-refractivity contribution is -0.0695. The number of aromatic hydroxyl groups is 1. The largest absolute Gasteiger partial charge is 0.506 e. The van der Waals surface area contributed by atoms with E-state index in [1.807, 2.05) is 12.1 Å². The minimum Gasteiger partial charge on any atom is -0.506 e. The maximum Gasteiger partial charge on any atom is 0.138 e. The zero-order chi connectivity index (χ0) is 12.3. The third-order valence-electron chi connectivity index (χ3n) is 3.53. The van der Waals surface area contributed by atoms with E-state index in [0.29, 0.717) is 11.6 Å². The normalized spacial score (nSPS) is 17.8. The average molecular weight is 256 g/mol. The van der Waals surface area contributed by atoms with Crippen LogP contribution in [0.1, 0.15) is 24.8 Å². The van der Waals surface area contributed by atoms with Gasteiger partial charge < -0.3 is 15.2 Å². The van der Waals surface area contributed by atoms with Gasteiger partial charge in [-0.3, -0.25) is 0 Å². The fraction of sp³-hybridized carbons (Fsp3) is 0.538. The molecule has 17 heavy (non-hydrogen) atoms. The Labute approximate surface area is 107 Å². The number of ether oxygens (including phenoxy) is 1. The number of rotatable bonds is 5. The van der Waals surface area contributed by atoms with Gasteiger partial charge in [-0.15, -0.1) is 0 Å². The molecular weight excluding hydrogens is 238 g/mol. The third kappa shape index (κ3) is 2.73. The van der Waals surface area contributed by atoms with Crippen LogP contribution in [0.5, 0.6) is 5.75 Å². The molecule has 0 amide bonds. The van der Waals surface area contributed by atoms with E-state index in [2.05, 4.69) is 5.32 Å². The van der Waals surface area contributed by atoms with Crippen molar-refractivity contribution in [1.29, 1.82) is 0 Å². The molecule has 3 nitrogen and oxygen atoms in total. The number of phenols is 1. The lowest BCUT2D eigenvalue weighted by Crippen LogP contribution is -2.47. The van der Waals surface area contributed by atoms with Crippen molar-refractivity contribution in [3.05, 3.63) is 28.8 Å². The van der Waals surface area contributed by atoms with Gasteiger partial charge in [0.1, 0.15) is 5.75 Å². The van der Waals surface area contributed by atoms with Crippen molar-refractivity contribution in [2.24, 2.45) is 0 Å². The summed E-state index contributed by atoms with van der Waals surface area (Å²) < 4.78 is 5.51. The summed E-state index contributed by atoms with van der Waals surface area (Å²) in [6.45, 7) is 1.42. The fourth-order valence-electron chi connectivity index (χ4n) is 2.15. The van der Waals surface area contributed by atoms with Crippen molar-refractivity contribution >= 4 is 11.6 Å². The first kappa shape index (κ1) is 12.7. The summed E-state index contributed by atoms with van der Waals surface area (Å²) in [5.41, 5.74) is 0.830. The van der Waals surface area contributed by atoms with Crippen LogP contribution in [-0.2, 0) is 11.3 Å². The second-order valence-corrected chi connectivity index (χ2v) is 5.00. The maximum absolute atomic E-state index is 9.75. The minimum atomic E-state index is 0.00813. The molecule has 0 aromatic heterocycles. The lowest BCUT2D eigenvalue weighted by atomic mass is 9.80. The number of benzene rings is 1. The molecule has 1 aliphatic rings. The number of methoxy groups -OCH3 is 1. The Balaban J connectivity index is 1.88. The van der Waals surface area contributed by atoms with Crippen molar-refractivity contribution in [1.82, 2.24) is 5.32 Å². The summed E-state index contributed by atoms with van der Waals surface area (Å²) in [5, 5.41) is 13.5. The summed E-state index contributed by atoms with van der Waals surface area (Å²) in [5.74, 6) is 0.168. The smallest absolute Gasteiger partial charge is 0.138 e. The topological polar surface area (TPSA) is 41.5 Å². The van der Waals surface area contributed by atoms with Gasteiger partial charge in [-0.25, -0.2) is 0 Å². The molecule has 1 aromatic carbocycles. The van der Waals surface area contributed by atoms with E-state index in [1.165, 1.54) is 6.42 Å². The fourth-order valence-corrected chi connectivity index (χ4v) is 2.35. The molecule has 1 saturated carbocycles. The molecule has 0 aliphatic heterocycles. The van der Waals surface area contributed by atoms with Gasteiger partial charge in [0.05, 0.1) is 10.6 Å². The number of halogens is 1. The van der Waals surface area contributed by atoms with Crippen LogP contribution < -0.4 is 5.32 Å². The predicted molar refractivity (Wildman–Crippen MR) is 68.4 cm³/mol. The molecular formula is C13H18ClNO2. The molecule has 0 atom stereocenters. The molecule has 4 heteroatoms. The molecule has 1 aliphatic carbocycles. The number of hydrogen-bond acceptors (Lipinski definition) is 3. The monoisotopic (exact) mass is 255 g/mol. The summed E-state index contributed by atoms with van der Waals surface area (Å²) in [7, 11) is 1.76. The molecule has 2 rings (SSSR count). The lowest BCUT2D eigenvalue weighted by Gasteiger charge is -2.40. The van der Waals surface area contributed by atoms with Crippen molar-refractivity contribution in [3.63, 3.8) is 0 Å². The summed E-state index contributed by atoms with van der Waals surface area (Å²) in [4.78, 5) is 0. The van der Waals surface area contributed by atoms with E-state index in [-0.39, 0.29) is 11.4 Å². The van der Waals surface area contributed by atoms with Crippen LogP contribution in [0.15, 0.2) is 18.2 Å². The van der Waals surface area contributed by atoms with Crippen LogP contribution in [0.25, 0.3) is 0 Å². The second kappa shape index (κ2) is 5.25. The Morgan fingerprint density at radius 2 is 2.24 bits per heavy atom. The highest BCUT2D eigenvalue weighted by molar-refractivity contribution is 6.32. The van der Waals surface area contributed by atoms with Gasteiger partial charge >= 0.3 is 0 Å². The van der Waals surface area contributed by atoms with Gasteiger partial charge in [0.2, 0.25) is 0 Å². The highest BCUT2D eigenvalue weighted by Gasteiger charge is 2.36. The molecule has 0 heterocycles. The Hall–Kier alpha value is -0.770. The molecule has 94 valence electrons. The van der Waals surface area contributed by atoms with Gasteiger partial charge in [-0.05, 0) is 25.3 Å². The van der Waals surface area contributed by atoms with Crippen LogP contribution >= 0.6 is 11.6 Å². The quantitative estimate of drug-likeness (QED) is 0.850. The van der Waals surface area contributed by atoms with Gasteiger partial charge in [0.15, 0.2) is 0 Å². The Kier molecular flexibility index (Phi) is 3.92. The molecule has 0 saturated heterocycles. The van der Waals surface area contributed by atoms with Crippen LogP contribution in [-0.4, -0.2) is 24.4 Å². The Morgan fingerprint density at radius 3 is 2.82 bits per heavy atom. The standard InChI is InChI=1S/C13H18ClNO2/c1-17-13(6-3-7-13)9-15-8-10-4-2-5-11(14)12(10)16/h2,4-5,15-16H,3,6-9H2,1H3. The van der Waals surface area contributed by atoms with Crippen LogP contribution in [0, 0.1) is 0 Å². The van der Waals surface area contributed by atoms with E-state index in [1.54, 1.807) is 13.2 Å². The number of para-hydroxylation sites is 1. The number of phenolic OH excluding ortho intramolecular Hbond substituents is 1. The first-order valence-corrected chi connectivity index (χ1v) is 6.27. The van der Waals surface area contributed by atoms with Crippen LogP contribution in [0.3, 0.4) is 0 Å². The van der Waals surface area contributed by atoms with E-state index >= 15 is 0 Å². The molecule has 0 unspecified atom stereocenters. The van der Waals surface area contributed by atoms with Crippen molar-refractivity contribution in [2.45, 2.75) is 31.4 Å². The molecule has 0 radical (unpaired) electrons. The van der Waals surface area contributed by atoms with E-state index in [0.717, 1.165) is 24.9 Å². The summed E-state index contributed by atoms with van der Waals surface area (Å²) in [6, 6.07) is 5.39. The second-order valence-electron chi connectivity index (χ2n) is 4.59. The highest BCUT2D eigenvalue weighted by atomic mass is 35.5. The molecule has 1 aromatic rings. The van der Waals surface area contributed by atoms with Gasteiger partial charge in [0.25, 0.3) is 0 Å². The minimum absolute atomic E-state index is 0.00813. The molecule has 1 fully saturated rings. The van der Waals surface area contributed by atoms with Crippen molar-refractivity contribution in [3.8, 4) is 5.75 Å². The van der Waals surface area contributed by atoms with E-state index in [4.69, 9.17) is 16.3 Å².